The van der Waals surface area contributed by atoms with Crippen molar-refractivity contribution in [3.63, 3.8) is 0 Å². The molecule has 0 fully saturated rings. The molecule has 1 aromatic carbocycles. The third-order valence-electron chi connectivity index (χ3n) is 2.39. The summed E-state index contributed by atoms with van der Waals surface area (Å²) in [6, 6.07) is 8.34. The molecule has 3 nitrogen and oxygen atoms in total. The van der Waals surface area contributed by atoms with Gasteiger partial charge in [0.1, 0.15) is 0 Å². The van der Waals surface area contributed by atoms with Gasteiger partial charge in [-0.05, 0) is 32.4 Å². The average molecular weight is 299 g/mol. The van der Waals surface area contributed by atoms with Crippen molar-refractivity contribution >= 4 is 21.8 Å². The van der Waals surface area contributed by atoms with Crippen LogP contribution in [0.4, 0.5) is 0 Å². The fourth-order valence-corrected chi connectivity index (χ4v) is 2.18. The molecule has 0 aliphatic rings. The molecule has 0 spiro atoms. The average Bonchev–Trinajstić information content (AvgIpc) is 2.25. The zero-order valence-electron chi connectivity index (χ0n) is 10.5. The van der Waals surface area contributed by atoms with E-state index in [1.165, 1.54) is 0 Å². The summed E-state index contributed by atoms with van der Waals surface area (Å²) in [5.41, 5.74) is 1.16. The Morgan fingerprint density at radius 1 is 1.29 bits per heavy atom. The lowest BCUT2D eigenvalue weighted by molar-refractivity contribution is -0.120. The number of nitrogens with one attached hydrogen (secondary N) is 2. The SMILES string of the molecule is CC(C)NC(=O)CN[C@@H](C)c1ccccc1Br. The van der Waals surface area contributed by atoms with E-state index in [1.54, 1.807) is 0 Å². The first-order chi connectivity index (χ1) is 8.00. The minimum absolute atomic E-state index is 0.0268. The normalized spacial score (nSPS) is 12.5. The first kappa shape index (κ1) is 14.2. The Labute approximate surface area is 111 Å². The molecule has 2 N–H and O–H groups in total. The Bertz CT molecular complexity index is 379. The highest BCUT2D eigenvalue weighted by Crippen LogP contribution is 2.22. The molecule has 1 aromatic rings. The van der Waals surface area contributed by atoms with Crippen LogP contribution in [0.1, 0.15) is 32.4 Å². The van der Waals surface area contributed by atoms with Crippen molar-refractivity contribution in [2.75, 3.05) is 6.54 Å². The Kier molecular flexibility index (Phi) is 5.65. The molecule has 0 bridgehead atoms. The number of halogens is 1. The van der Waals surface area contributed by atoms with Gasteiger partial charge in [0.25, 0.3) is 0 Å². The molecule has 0 saturated carbocycles. The number of carbonyl (C=O) groups is 1. The molecule has 0 heterocycles. The van der Waals surface area contributed by atoms with E-state index in [0.29, 0.717) is 6.54 Å². The predicted octanol–water partition coefficient (Wildman–Crippen LogP) is 2.62. The van der Waals surface area contributed by atoms with Gasteiger partial charge in [-0.3, -0.25) is 4.79 Å². The zero-order chi connectivity index (χ0) is 12.8. The van der Waals surface area contributed by atoms with Crippen LogP contribution in [-0.2, 0) is 4.79 Å². The van der Waals surface area contributed by atoms with Gasteiger partial charge in [0.05, 0.1) is 6.54 Å². The summed E-state index contributed by atoms with van der Waals surface area (Å²) >= 11 is 3.50. The van der Waals surface area contributed by atoms with Gasteiger partial charge in [-0.2, -0.15) is 0 Å². The van der Waals surface area contributed by atoms with E-state index in [2.05, 4.69) is 26.6 Å². The van der Waals surface area contributed by atoms with Gasteiger partial charge in [-0.1, -0.05) is 34.1 Å². The van der Waals surface area contributed by atoms with Crippen LogP contribution in [-0.4, -0.2) is 18.5 Å². The fraction of sp³-hybridized carbons (Fsp3) is 0.462. The van der Waals surface area contributed by atoms with Crippen LogP contribution in [0.25, 0.3) is 0 Å². The van der Waals surface area contributed by atoms with Crippen LogP contribution in [0.15, 0.2) is 28.7 Å². The highest BCUT2D eigenvalue weighted by Gasteiger charge is 2.10. The summed E-state index contributed by atoms with van der Waals surface area (Å²) in [5.74, 6) is 0.0268. The zero-order valence-corrected chi connectivity index (χ0v) is 12.0. The van der Waals surface area contributed by atoms with Crippen LogP contribution in [0, 0.1) is 0 Å². The number of hydrogen-bond acceptors (Lipinski definition) is 2. The quantitative estimate of drug-likeness (QED) is 0.877. The van der Waals surface area contributed by atoms with Crippen LogP contribution in [0.2, 0.25) is 0 Å². The second kappa shape index (κ2) is 6.77. The van der Waals surface area contributed by atoms with E-state index in [4.69, 9.17) is 0 Å². The molecule has 4 heteroatoms. The highest BCUT2D eigenvalue weighted by molar-refractivity contribution is 9.10. The van der Waals surface area contributed by atoms with Crippen molar-refractivity contribution in [1.82, 2.24) is 10.6 Å². The van der Waals surface area contributed by atoms with Gasteiger partial charge in [-0.25, -0.2) is 0 Å². The number of amides is 1. The maximum absolute atomic E-state index is 11.5. The first-order valence-electron chi connectivity index (χ1n) is 5.78. The van der Waals surface area contributed by atoms with Crippen molar-refractivity contribution in [2.45, 2.75) is 32.9 Å². The van der Waals surface area contributed by atoms with Gasteiger partial charge in [0.15, 0.2) is 0 Å². The smallest absolute Gasteiger partial charge is 0.234 e. The monoisotopic (exact) mass is 298 g/mol. The Morgan fingerprint density at radius 3 is 2.53 bits per heavy atom. The number of benzene rings is 1. The third-order valence-corrected chi connectivity index (χ3v) is 3.11. The van der Waals surface area contributed by atoms with Gasteiger partial charge in [0, 0.05) is 16.6 Å². The van der Waals surface area contributed by atoms with E-state index >= 15 is 0 Å². The molecule has 1 rings (SSSR count). The topological polar surface area (TPSA) is 41.1 Å². The lowest BCUT2D eigenvalue weighted by Crippen LogP contribution is -2.38. The molecular formula is C13H19BrN2O. The summed E-state index contributed by atoms with van der Waals surface area (Å²) < 4.78 is 1.06. The second-order valence-corrected chi connectivity index (χ2v) is 5.20. The molecule has 0 saturated heterocycles. The number of carbonyl (C=O) groups excluding carboxylic acids is 1. The maximum atomic E-state index is 11.5. The van der Waals surface area contributed by atoms with Crippen molar-refractivity contribution in [3.05, 3.63) is 34.3 Å². The van der Waals surface area contributed by atoms with Crippen molar-refractivity contribution in [3.8, 4) is 0 Å². The number of rotatable bonds is 5. The van der Waals surface area contributed by atoms with Gasteiger partial charge < -0.3 is 10.6 Å². The molecule has 0 unspecified atom stereocenters. The summed E-state index contributed by atoms with van der Waals surface area (Å²) in [6.45, 7) is 6.29. The van der Waals surface area contributed by atoms with Gasteiger partial charge >= 0.3 is 0 Å². The van der Waals surface area contributed by atoms with Crippen molar-refractivity contribution < 1.29 is 4.79 Å². The van der Waals surface area contributed by atoms with Gasteiger partial charge in [-0.15, -0.1) is 0 Å². The van der Waals surface area contributed by atoms with E-state index in [0.717, 1.165) is 10.0 Å². The maximum Gasteiger partial charge on any atom is 0.234 e. The second-order valence-electron chi connectivity index (χ2n) is 4.35. The summed E-state index contributed by atoms with van der Waals surface area (Å²) in [4.78, 5) is 11.5. The molecule has 17 heavy (non-hydrogen) atoms. The van der Waals surface area contributed by atoms with E-state index in [1.807, 2.05) is 45.0 Å². The van der Waals surface area contributed by atoms with E-state index in [-0.39, 0.29) is 18.0 Å². The summed E-state index contributed by atoms with van der Waals surface area (Å²) in [5, 5.41) is 6.05. The largest absolute Gasteiger partial charge is 0.353 e. The lowest BCUT2D eigenvalue weighted by atomic mass is 10.1. The van der Waals surface area contributed by atoms with Crippen molar-refractivity contribution in [2.24, 2.45) is 0 Å². The molecular weight excluding hydrogens is 280 g/mol. The van der Waals surface area contributed by atoms with Crippen LogP contribution >= 0.6 is 15.9 Å². The molecule has 0 radical (unpaired) electrons. The van der Waals surface area contributed by atoms with Crippen LogP contribution in [0.3, 0.4) is 0 Å². The highest BCUT2D eigenvalue weighted by atomic mass is 79.9. The van der Waals surface area contributed by atoms with Gasteiger partial charge in [0.2, 0.25) is 5.91 Å². The number of hydrogen-bond donors (Lipinski definition) is 2. The van der Waals surface area contributed by atoms with E-state index < -0.39 is 0 Å². The van der Waals surface area contributed by atoms with E-state index in [9.17, 15) is 4.79 Å². The summed E-state index contributed by atoms with van der Waals surface area (Å²) in [6.07, 6.45) is 0. The third kappa shape index (κ3) is 4.88. The Balaban J connectivity index is 2.48. The molecule has 0 aromatic heterocycles. The lowest BCUT2D eigenvalue weighted by Gasteiger charge is -2.16. The standard InChI is InChI=1S/C13H19BrN2O/c1-9(2)16-13(17)8-15-10(3)11-6-4-5-7-12(11)14/h4-7,9-10,15H,8H2,1-3H3,(H,16,17)/t10-/m0/s1. The minimum Gasteiger partial charge on any atom is -0.353 e. The first-order valence-corrected chi connectivity index (χ1v) is 6.57. The Morgan fingerprint density at radius 2 is 1.94 bits per heavy atom. The van der Waals surface area contributed by atoms with Crippen molar-refractivity contribution in [1.29, 1.82) is 0 Å². The molecule has 1 amide bonds. The summed E-state index contributed by atoms with van der Waals surface area (Å²) in [7, 11) is 0. The molecule has 0 aliphatic carbocycles. The van der Waals surface area contributed by atoms with Crippen LogP contribution < -0.4 is 10.6 Å². The minimum atomic E-state index is 0.0268. The molecule has 94 valence electrons. The molecule has 1 atom stereocenters. The predicted molar refractivity (Wildman–Crippen MR) is 73.8 cm³/mol. The van der Waals surface area contributed by atoms with Crippen LogP contribution in [0.5, 0.6) is 0 Å². The Hall–Kier alpha value is -0.870. The fourth-order valence-electron chi connectivity index (χ4n) is 1.56. The molecule has 0 aliphatic heterocycles.